The van der Waals surface area contributed by atoms with Crippen molar-refractivity contribution >= 4 is 35.7 Å². The molecule has 2 rings (SSSR count). The Bertz CT molecular complexity index is 834. The number of hydrazone groups is 1. The molecular formula is C19H18ClN3O3. The molecule has 0 radical (unpaired) electrons. The molecule has 0 saturated carbocycles. The van der Waals surface area contributed by atoms with Gasteiger partial charge in [-0.3, -0.25) is 9.59 Å². The van der Waals surface area contributed by atoms with Gasteiger partial charge in [0.1, 0.15) is 5.75 Å². The Morgan fingerprint density at radius 3 is 2.77 bits per heavy atom. The number of carbonyl (C=O) groups excluding carboxylic acids is 2. The summed E-state index contributed by atoms with van der Waals surface area (Å²) < 4.78 is 5.19. The van der Waals surface area contributed by atoms with E-state index in [-0.39, 0.29) is 6.54 Å². The number of methoxy groups -OCH3 is 1. The molecule has 0 bridgehead atoms. The van der Waals surface area contributed by atoms with Crippen molar-refractivity contribution in [2.24, 2.45) is 5.10 Å². The number of nitrogens with one attached hydrogen (secondary N) is 2. The van der Waals surface area contributed by atoms with Crippen LogP contribution < -0.4 is 15.5 Å². The molecule has 0 unspecified atom stereocenters. The van der Waals surface area contributed by atoms with Crippen molar-refractivity contribution in [2.75, 3.05) is 13.7 Å². The van der Waals surface area contributed by atoms with Crippen LogP contribution in [0.5, 0.6) is 5.75 Å². The average Bonchev–Trinajstić information content (AvgIpc) is 2.65. The van der Waals surface area contributed by atoms with Gasteiger partial charge in [-0.1, -0.05) is 41.9 Å². The molecule has 0 aliphatic heterocycles. The third-order valence-electron chi connectivity index (χ3n) is 3.23. The molecule has 2 aromatic rings. The zero-order valence-electron chi connectivity index (χ0n) is 14.1. The number of benzene rings is 2. The standard InChI is InChI=1S/C19H18ClN3O3/c1-26-17-8-3-2-6-15(17)9-10-18(24)21-13-19(25)23-22-12-14-5-4-7-16(20)11-14/h2-12H,13H2,1H3,(H,21,24)(H,23,25). The zero-order chi connectivity index (χ0) is 18.8. The third kappa shape index (κ3) is 6.41. The fourth-order valence-electron chi connectivity index (χ4n) is 2.00. The van der Waals surface area contributed by atoms with Crippen LogP contribution in [0.25, 0.3) is 6.08 Å². The summed E-state index contributed by atoms with van der Waals surface area (Å²) in [5.41, 5.74) is 3.84. The number of carbonyl (C=O) groups is 2. The van der Waals surface area contributed by atoms with Crippen molar-refractivity contribution in [3.05, 3.63) is 70.8 Å². The first-order valence-corrected chi connectivity index (χ1v) is 8.12. The van der Waals surface area contributed by atoms with Gasteiger partial charge in [-0.05, 0) is 29.8 Å². The normalized spacial score (nSPS) is 10.8. The van der Waals surface area contributed by atoms with Gasteiger partial charge in [-0.2, -0.15) is 5.10 Å². The Morgan fingerprint density at radius 1 is 1.19 bits per heavy atom. The maximum absolute atomic E-state index is 11.8. The predicted molar refractivity (Wildman–Crippen MR) is 102 cm³/mol. The molecule has 0 aliphatic rings. The number of hydrogen-bond acceptors (Lipinski definition) is 4. The van der Waals surface area contributed by atoms with E-state index in [1.165, 1.54) is 12.3 Å². The van der Waals surface area contributed by atoms with E-state index in [0.29, 0.717) is 10.8 Å². The highest BCUT2D eigenvalue weighted by atomic mass is 35.5. The second-order valence-corrected chi connectivity index (χ2v) is 5.58. The number of hydrogen-bond donors (Lipinski definition) is 2. The molecule has 0 saturated heterocycles. The summed E-state index contributed by atoms with van der Waals surface area (Å²) in [4.78, 5) is 23.5. The monoisotopic (exact) mass is 371 g/mol. The SMILES string of the molecule is COc1ccccc1C=CC(=O)NCC(=O)NN=Cc1cccc(Cl)c1. The summed E-state index contributed by atoms with van der Waals surface area (Å²) in [5.74, 6) is -0.183. The largest absolute Gasteiger partial charge is 0.496 e. The van der Waals surface area contributed by atoms with Crippen molar-refractivity contribution in [3.63, 3.8) is 0 Å². The maximum Gasteiger partial charge on any atom is 0.259 e. The van der Waals surface area contributed by atoms with Crippen LogP contribution in [0.1, 0.15) is 11.1 Å². The van der Waals surface area contributed by atoms with Gasteiger partial charge in [-0.15, -0.1) is 0 Å². The summed E-state index contributed by atoms with van der Waals surface area (Å²) in [6, 6.07) is 14.3. The van der Waals surface area contributed by atoms with Gasteiger partial charge in [-0.25, -0.2) is 5.43 Å². The average molecular weight is 372 g/mol. The molecule has 7 heteroatoms. The van der Waals surface area contributed by atoms with E-state index in [0.717, 1.165) is 11.1 Å². The minimum atomic E-state index is -0.442. The lowest BCUT2D eigenvalue weighted by Gasteiger charge is -2.04. The van der Waals surface area contributed by atoms with Gasteiger partial charge >= 0.3 is 0 Å². The Balaban J connectivity index is 1.78. The molecule has 134 valence electrons. The van der Waals surface area contributed by atoms with Gasteiger partial charge < -0.3 is 10.1 Å². The molecule has 0 fully saturated rings. The lowest BCUT2D eigenvalue weighted by Crippen LogP contribution is -2.34. The number of nitrogens with zero attached hydrogens (tertiary/aromatic N) is 1. The Labute approximate surface area is 156 Å². The van der Waals surface area contributed by atoms with Crippen LogP contribution in [-0.4, -0.2) is 31.7 Å². The Morgan fingerprint density at radius 2 is 2.00 bits per heavy atom. The minimum absolute atomic E-state index is 0.192. The first kappa shape index (κ1) is 19.2. The molecule has 2 aromatic carbocycles. The van der Waals surface area contributed by atoms with E-state index in [4.69, 9.17) is 16.3 Å². The highest BCUT2D eigenvalue weighted by molar-refractivity contribution is 6.30. The number of rotatable bonds is 7. The Hall–Kier alpha value is -3.12. The maximum atomic E-state index is 11.8. The molecule has 0 aliphatic carbocycles. The number of ether oxygens (including phenoxy) is 1. The van der Waals surface area contributed by atoms with Gasteiger partial charge in [0.05, 0.1) is 19.9 Å². The molecule has 2 amide bonds. The van der Waals surface area contributed by atoms with Gasteiger partial charge in [0.2, 0.25) is 5.91 Å². The molecule has 6 nitrogen and oxygen atoms in total. The minimum Gasteiger partial charge on any atom is -0.496 e. The van der Waals surface area contributed by atoms with E-state index in [1.807, 2.05) is 18.2 Å². The van der Waals surface area contributed by atoms with Crippen LogP contribution in [0.15, 0.2) is 59.7 Å². The molecule has 26 heavy (non-hydrogen) atoms. The summed E-state index contributed by atoms with van der Waals surface area (Å²) >= 11 is 5.85. The molecule has 0 spiro atoms. The number of amides is 2. The van der Waals surface area contributed by atoms with E-state index in [1.54, 1.807) is 43.5 Å². The van der Waals surface area contributed by atoms with Crippen LogP contribution in [0.3, 0.4) is 0 Å². The van der Waals surface area contributed by atoms with Crippen LogP contribution >= 0.6 is 11.6 Å². The van der Waals surface area contributed by atoms with Crippen LogP contribution in [0.2, 0.25) is 5.02 Å². The topological polar surface area (TPSA) is 79.8 Å². The van der Waals surface area contributed by atoms with Crippen molar-refractivity contribution in [1.82, 2.24) is 10.7 Å². The number of para-hydroxylation sites is 1. The van der Waals surface area contributed by atoms with Crippen molar-refractivity contribution in [3.8, 4) is 5.75 Å². The van der Waals surface area contributed by atoms with Gasteiger partial charge in [0.15, 0.2) is 0 Å². The van der Waals surface area contributed by atoms with Crippen LogP contribution in [-0.2, 0) is 9.59 Å². The quantitative estimate of drug-likeness (QED) is 0.446. The lowest BCUT2D eigenvalue weighted by atomic mass is 10.2. The first-order valence-electron chi connectivity index (χ1n) is 7.75. The molecular weight excluding hydrogens is 354 g/mol. The van der Waals surface area contributed by atoms with E-state index >= 15 is 0 Å². The Kier molecular flexibility index (Phi) is 7.39. The summed E-state index contributed by atoms with van der Waals surface area (Å²) in [6.45, 7) is -0.192. The van der Waals surface area contributed by atoms with Crippen LogP contribution in [0, 0.1) is 0 Å². The van der Waals surface area contributed by atoms with E-state index in [9.17, 15) is 9.59 Å². The van der Waals surface area contributed by atoms with Gasteiger partial charge in [0, 0.05) is 16.7 Å². The molecule has 2 N–H and O–H groups in total. The fourth-order valence-corrected chi connectivity index (χ4v) is 2.20. The summed E-state index contributed by atoms with van der Waals surface area (Å²) in [6.07, 6.45) is 4.41. The number of halogens is 1. The summed E-state index contributed by atoms with van der Waals surface area (Å²) in [5, 5.41) is 6.86. The van der Waals surface area contributed by atoms with Gasteiger partial charge in [0.25, 0.3) is 5.91 Å². The molecule has 0 heterocycles. The molecule has 0 aromatic heterocycles. The first-order chi connectivity index (χ1) is 12.6. The van der Waals surface area contributed by atoms with Crippen molar-refractivity contribution in [2.45, 2.75) is 0 Å². The van der Waals surface area contributed by atoms with E-state index in [2.05, 4.69) is 15.8 Å². The smallest absolute Gasteiger partial charge is 0.259 e. The molecule has 0 atom stereocenters. The van der Waals surface area contributed by atoms with Crippen LogP contribution in [0.4, 0.5) is 0 Å². The summed E-state index contributed by atoms with van der Waals surface area (Å²) in [7, 11) is 1.56. The zero-order valence-corrected chi connectivity index (χ0v) is 14.9. The second kappa shape index (κ2) is 10.0. The van der Waals surface area contributed by atoms with Crippen molar-refractivity contribution < 1.29 is 14.3 Å². The predicted octanol–water partition coefficient (Wildman–Crippen LogP) is 2.63. The second-order valence-electron chi connectivity index (χ2n) is 5.14. The fraction of sp³-hybridized carbons (Fsp3) is 0.105. The third-order valence-corrected chi connectivity index (χ3v) is 3.46. The highest BCUT2D eigenvalue weighted by Crippen LogP contribution is 2.18. The highest BCUT2D eigenvalue weighted by Gasteiger charge is 2.03. The lowest BCUT2D eigenvalue weighted by molar-refractivity contribution is -0.123. The van der Waals surface area contributed by atoms with Crippen molar-refractivity contribution in [1.29, 1.82) is 0 Å². The van der Waals surface area contributed by atoms with E-state index < -0.39 is 11.8 Å².